The third kappa shape index (κ3) is 4.26. The van der Waals surface area contributed by atoms with Crippen molar-refractivity contribution in [2.75, 3.05) is 34.5 Å². The van der Waals surface area contributed by atoms with E-state index < -0.39 is 71.9 Å². The Kier molecular flexibility index (Phi) is 8.10. The molecule has 1 fully saturated rings. The predicted octanol–water partition coefficient (Wildman–Crippen LogP) is 1.30. The van der Waals surface area contributed by atoms with Gasteiger partial charge in [-0.1, -0.05) is 6.08 Å². The summed E-state index contributed by atoms with van der Waals surface area (Å²) in [6.45, 7) is 7.67. The van der Waals surface area contributed by atoms with Gasteiger partial charge in [0.2, 0.25) is 17.5 Å². The van der Waals surface area contributed by atoms with Crippen LogP contribution in [0.2, 0.25) is 0 Å². The maximum Gasteiger partial charge on any atom is 0.333 e. The van der Waals surface area contributed by atoms with Gasteiger partial charge in [0.05, 0.1) is 32.3 Å². The van der Waals surface area contributed by atoms with Gasteiger partial charge in [-0.25, -0.2) is 4.79 Å². The van der Waals surface area contributed by atoms with E-state index in [0.717, 1.165) is 0 Å². The van der Waals surface area contributed by atoms with Gasteiger partial charge >= 0.3 is 5.97 Å². The molecule has 2 aliphatic carbocycles. The number of rotatable bonds is 7. The zero-order chi connectivity index (χ0) is 32.4. The fraction of sp³-hybridized carbons (Fsp3) is 0.500. The van der Waals surface area contributed by atoms with Gasteiger partial charge in [0, 0.05) is 45.6 Å². The molecule has 234 valence electrons. The van der Waals surface area contributed by atoms with Crippen LogP contribution in [0.25, 0.3) is 0 Å². The first-order valence-corrected chi connectivity index (χ1v) is 14.5. The largest absolute Gasteiger partial charge is 0.492 e. The maximum atomic E-state index is 14.6. The Hall–Kier alpha value is -4.16. The van der Waals surface area contributed by atoms with Crippen molar-refractivity contribution in [2.24, 2.45) is 0 Å². The second-order valence-corrected chi connectivity index (χ2v) is 11.4. The third-order valence-corrected chi connectivity index (χ3v) is 9.34. The topological polar surface area (TPSA) is 146 Å². The predicted molar refractivity (Wildman–Crippen MR) is 154 cm³/mol. The molecular formula is C32H36N2O10. The van der Waals surface area contributed by atoms with E-state index >= 15 is 0 Å². The standard InChI is InChI=1S/C32H36N2O10/c1-9-13(3)32(40)44-12-18-19-16(24(35)14(4)28(41-7)26(19)37)11-17-22-20-21(25(36)15(5)29(42-8)27(20)38)30(43-10-2)23(33(22)6)31(39)34(17)18/h9,17-18,22-23,30H,10-12H2,1-8H3/b13-9-/t17-,18+,22+,23-,30-/m1/s1. The number of ketones is 4. The maximum absolute atomic E-state index is 14.6. The van der Waals surface area contributed by atoms with Crippen LogP contribution in [0.1, 0.15) is 41.0 Å². The lowest BCUT2D eigenvalue weighted by Crippen LogP contribution is -2.76. The molecule has 5 aliphatic rings. The van der Waals surface area contributed by atoms with Gasteiger partial charge in [-0.3, -0.25) is 28.9 Å². The van der Waals surface area contributed by atoms with Gasteiger partial charge in [-0.15, -0.1) is 0 Å². The second-order valence-electron chi connectivity index (χ2n) is 11.4. The van der Waals surface area contributed by atoms with Crippen molar-refractivity contribution in [3.63, 3.8) is 0 Å². The summed E-state index contributed by atoms with van der Waals surface area (Å²) < 4.78 is 22.3. The van der Waals surface area contributed by atoms with E-state index in [0.29, 0.717) is 5.57 Å². The lowest BCUT2D eigenvalue weighted by Gasteiger charge is -2.59. The van der Waals surface area contributed by atoms with E-state index in [1.54, 1.807) is 38.8 Å². The van der Waals surface area contributed by atoms with E-state index in [1.165, 1.54) is 33.0 Å². The molecule has 0 N–H and O–H groups in total. The number of ether oxygens (including phenoxy) is 4. The zero-order valence-electron chi connectivity index (χ0n) is 26.1. The molecule has 5 atom stereocenters. The molecule has 3 aliphatic heterocycles. The monoisotopic (exact) mass is 608 g/mol. The molecule has 0 unspecified atom stereocenters. The Morgan fingerprint density at radius 3 is 2.05 bits per heavy atom. The molecule has 1 amide bonds. The van der Waals surface area contributed by atoms with Crippen LogP contribution in [0.4, 0.5) is 0 Å². The molecule has 0 radical (unpaired) electrons. The van der Waals surface area contributed by atoms with Gasteiger partial charge in [0.15, 0.2) is 23.1 Å². The van der Waals surface area contributed by atoms with Gasteiger partial charge in [-0.2, -0.15) is 0 Å². The van der Waals surface area contributed by atoms with Crippen LogP contribution in [0, 0.1) is 0 Å². The van der Waals surface area contributed by atoms with Gasteiger partial charge in [0.1, 0.15) is 18.8 Å². The number of carbonyl (C=O) groups is 6. The van der Waals surface area contributed by atoms with Crippen LogP contribution < -0.4 is 0 Å². The van der Waals surface area contributed by atoms with Crippen molar-refractivity contribution < 1.29 is 47.7 Å². The molecule has 0 aromatic heterocycles. The number of fused-ring (bicyclic) bond motifs is 5. The Morgan fingerprint density at radius 1 is 0.886 bits per heavy atom. The Labute approximate surface area is 255 Å². The van der Waals surface area contributed by atoms with Crippen LogP contribution in [0.3, 0.4) is 0 Å². The first-order valence-electron chi connectivity index (χ1n) is 14.5. The first kappa shape index (κ1) is 31.3. The Balaban J connectivity index is 1.73. The highest BCUT2D eigenvalue weighted by Gasteiger charge is 2.62. The summed E-state index contributed by atoms with van der Waals surface area (Å²) in [7, 11) is 4.27. The van der Waals surface area contributed by atoms with E-state index in [-0.39, 0.29) is 58.0 Å². The quantitative estimate of drug-likeness (QED) is 0.234. The lowest BCUT2D eigenvalue weighted by molar-refractivity contribution is -0.166. The molecule has 2 bridgehead atoms. The molecular weight excluding hydrogens is 572 g/mol. The molecule has 12 nitrogen and oxygen atoms in total. The van der Waals surface area contributed by atoms with Crippen LogP contribution in [0.5, 0.6) is 0 Å². The van der Waals surface area contributed by atoms with Crippen LogP contribution in [-0.2, 0) is 47.7 Å². The zero-order valence-corrected chi connectivity index (χ0v) is 26.1. The fourth-order valence-corrected chi connectivity index (χ4v) is 7.18. The third-order valence-electron chi connectivity index (χ3n) is 9.34. The molecule has 12 heteroatoms. The van der Waals surface area contributed by atoms with Crippen molar-refractivity contribution in [3.8, 4) is 0 Å². The SMILES string of the molecule is C/C=C(/C)C(=O)OC[C@H]1C2=C(C[C@@H]3[C@H]4C5=C(C(=O)C(C)=C(OC)C5=O)[C@@H](OCC)[C@H](C(=O)N31)N4C)C(=O)C(C)=C(OC)C2=O. The van der Waals surface area contributed by atoms with E-state index in [1.807, 2.05) is 0 Å². The summed E-state index contributed by atoms with van der Waals surface area (Å²) in [6, 6.07) is -3.95. The summed E-state index contributed by atoms with van der Waals surface area (Å²) >= 11 is 0. The van der Waals surface area contributed by atoms with Gasteiger partial charge in [0.25, 0.3) is 0 Å². The number of amides is 1. The Morgan fingerprint density at radius 2 is 1.48 bits per heavy atom. The minimum Gasteiger partial charge on any atom is -0.492 e. The average molecular weight is 609 g/mol. The molecule has 3 heterocycles. The van der Waals surface area contributed by atoms with Gasteiger partial charge in [-0.05, 0) is 48.1 Å². The number of Topliss-reactive ketones (excluding diaryl/α,β-unsaturated/α-hetero) is 4. The summed E-state index contributed by atoms with van der Waals surface area (Å²) in [5, 5.41) is 0. The van der Waals surface area contributed by atoms with Crippen molar-refractivity contribution in [1.29, 1.82) is 0 Å². The normalized spacial score (nSPS) is 29.3. The van der Waals surface area contributed by atoms with Gasteiger partial charge < -0.3 is 23.8 Å². The molecule has 5 rings (SSSR count). The number of likely N-dealkylation sites (N-methyl/N-ethyl adjacent to an activating group) is 1. The summed E-state index contributed by atoms with van der Waals surface area (Å²) in [5.41, 5.74) is 0.943. The van der Waals surface area contributed by atoms with E-state index in [9.17, 15) is 28.8 Å². The molecule has 0 aromatic rings. The number of piperazine rings is 1. The highest BCUT2D eigenvalue weighted by atomic mass is 16.5. The number of methoxy groups -OCH3 is 2. The number of hydrogen-bond donors (Lipinski definition) is 0. The summed E-state index contributed by atoms with van der Waals surface area (Å²) in [5.74, 6) is -3.37. The highest BCUT2D eigenvalue weighted by molar-refractivity contribution is 6.27. The number of nitrogens with zero attached hydrogens (tertiary/aromatic N) is 2. The number of carbonyl (C=O) groups excluding carboxylic acids is 6. The van der Waals surface area contributed by atoms with E-state index in [4.69, 9.17) is 18.9 Å². The van der Waals surface area contributed by atoms with Crippen molar-refractivity contribution in [2.45, 2.75) is 71.3 Å². The van der Waals surface area contributed by atoms with Crippen molar-refractivity contribution in [1.82, 2.24) is 9.80 Å². The first-order chi connectivity index (χ1) is 20.9. The van der Waals surface area contributed by atoms with Crippen LogP contribution >= 0.6 is 0 Å². The minimum atomic E-state index is -1.17. The smallest absolute Gasteiger partial charge is 0.333 e. The van der Waals surface area contributed by atoms with Crippen LogP contribution in [-0.4, -0.2) is 110 Å². The molecule has 0 aromatic carbocycles. The van der Waals surface area contributed by atoms with Crippen molar-refractivity contribution in [3.05, 3.63) is 56.6 Å². The van der Waals surface area contributed by atoms with E-state index in [2.05, 4.69) is 0 Å². The van der Waals surface area contributed by atoms with Crippen molar-refractivity contribution >= 4 is 35.0 Å². The molecule has 1 saturated heterocycles. The minimum absolute atomic E-state index is 0.0112. The molecule has 44 heavy (non-hydrogen) atoms. The average Bonchev–Trinajstić information content (AvgIpc) is 3.00. The summed E-state index contributed by atoms with van der Waals surface area (Å²) in [6.07, 6.45) is 0.392. The fourth-order valence-electron chi connectivity index (χ4n) is 7.18. The number of esters is 1. The molecule has 0 saturated carbocycles. The number of hydrogen-bond acceptors (Lipinski definition) is 11. The second kappa shape index (κ2) is 11.4. The molecule has 0 spiro atoms. The summed E-state index contributed by atoms with van der Waals surface area (Å²) in [4.78, 5) is 85.9. The number of allylic oxidation sites excluding steroid dienone is 5. The Bertz CT molecular complexity index is 1570. The highest BCUT2D eigenvalue weighted by Crippen LogP contribution is 2.48. The van der Waals surface area contributed by atoms with Crippen LogP contribution in [0.15, 0.2) is 56.6 Å². The lowest BCUT2D eigenvalue weighted by atomic mass is 9.68.